The van der Waals surface area contributed by atoms with Crippen LogP contribution in [0.2, 0.25) is 0 Å². The molecule has 0 radical (unpaired) electrons. The van der Waals surface area contributed by atoms with Gasteiger partial charge in [-0.2, -0.15) is 0 Å². The van der Waals surface area contributed by atoms with Crippen LogP contribution in [-0.2, 0) is 4.74 Å². The molecule has 3 nitrogen and oxygen atoms in total. The van der Waals surface area contributed by atoms with Gasteiger partial charge in [-0.1, -0.05) is 0 Å². The van der Waals surface area contributed by atoms with E-state index in [1.54, 1.807) is 0 Å². The van der Waals surface area contributed by atoms with E-state index >= 15 is 0 Å². The number of ether oxygens (including phenoxy) is 1. The smallest absolute Gasteiger partial charge is 0.121 e. The fourth-order valence-electron chi connectivity index (χ4n) is 2.39. The van der Waals surface area contributed by atoms with Gasteiger partial charge in [0.15, 0.2) is 0 Å². The summed E-state index contributed by atoms with van der Waals surface area (Å²) in [5, 5.41) is 7.00. The van der Waals surface area contributed by atoms with Gasteiger partial charge in [0.2, 0.25) is 0 Å². The van der Waals surface area contributed by atoms with E-state index in [4.69, 9.17) is 4.74 Å². The molecule has 1 aliphatic carbocycles. The van der Waals surface area contributed by atoms with E-state index in [1.807, 2.05) is 0 Å². The highest BCUT2D eigenvalue weighted by atomic mass is 16.5. The molecule has 1 saturated carbocycles. The lowest BCUT2D eigenvalue weighted by atomic mass is 9.96. The summed E-state index contributed by atoms with van der Waals surface area (Å²) in [6, 6.07) is 0. The molecule has 13 heavy (non-hydrogen) atoms. The Morgan fingerprint density at radius 2 is 1.77 bits per heavy atom. The molecule has 2 spiro atoms. The van der Waals surface area contributed by atoms with Crippen LogP contribution in [0.1, 0.15) is 25.7 Å². The molecule has 3 aliphatic rings. The van der Waals surface area contributed by atoms with Crippen LogP contribution in [0.15, 0.2) is 0 Å². The highest BCUT2D eigenvalue weighted by molar-refractivity contribution is 5.01. The second-order valence-corrected chi connectivity index (χ2v) is 4.89. The third kappa shape index (κ3) is 1.39. The van der Waals surface area contributed by atoms with Crippen molar-refractivity contribution < 1.29 is 4.74 Å². The second kappa shape index (κ2) is 2.69. The van der Waals surface area contributed by atoms with Crippen molar-refractivity contribution in [3.8, 4) is 0 Å². The monoisotopic (exact) mass is 182 g/mol. The fraction of sp³-hybridized carbons (Fsp3) is 1.00. The predicted molar refractivity (Wildman–Crippen MR) is 50.5 cm³/mol. The normalized spacial score (nSPS) is 35.1. The minimum absolute atomic E-state index is 0.0408. The maximum absolute atomic E-state index is 6.03. The zero-order chi connectivity index (χ0) is 8.78. The molecule has 0 unspecified atom stereocenters. The van der Waals surface area contributed by atoms with Gasteiger partial charge >= 0.3 is 0 Å². The summed E-state index contributed by atoms with van der Waals surface area (Å²) in [4.78, 5) is 0. The van der Waals surface area contributed by atoms with Crippen molar-refractivity contribution in [1.29, 1.82) is 0 Å². The van der Waals surface area contributed by atoms with Crippen LogP contribution < -0.4 is 10.6 Å². The Kier molecular flexibility index (Phi) is 1.70. The number of hydrogen-bond donors (Lipinski definition) is 2. The maximum Gasteiger partial charge on any atom is 0.121 e. The van der Waals surface area contributed by atoms with Gasteiger partial charge in [-0.15, -0.1) is 0 Å². The number of nitrogens with one attached hydrogen (secondary N) is 2. The summed E-state index contributed by atoms with van der Waals surface area (Å²) in [5.74, 6) is 0. The van der Waals surface area contributed by atoms with Crippen molar-refractivity contribution in [2.75, 3.05) is 26.2 Å². The summed E-state index contributed by atoms with van der Waals surface area (Å²) < 4.78 is 6.03. The molecule has 3 rings (SSSR count). The molecule has 0 aromatic heterocycles. The molecular formula is C10H18N2O. The fourth-order valence-corrected chi connectivity index (χ4v) is 2.39. The molecule has 0 atom stereocenters. The maximum atomic E-state index is 6.03. The first-order valence-electron chi connectivity index (χ1n) is 5.42. The molecule has 0 aromatic rings. The molecule has 0 amide bonds. The Labute approximate surface area is 79.2 Å². The Hall–Kier alpha value is -0.120. The zero-order valence-corrected chi connectivity index (χ0v) is 8.07. The molecule has 2 heterocycles. The number of piperidine rings is 1. The van der Waals surface area contributed by atoms with E-state index in [0.717, 1.165) is 32.5 Å². The highest BCUT2D eigenvalue weighted by Crippen LogP contribution is 2.48. The number of hydrogen-bond acceptors (Lipinski definition) is 3. The Morgan fingerprint density at radius 3 is 2.31 bits per heavy atom. The van der Waals surface area contributed by atoms with Crippen molar-refractivity contribution in [1.82, 2.24) is 10.6 Å². The van der Waals surface area contributed by atoms with Crippen LogP contribution in [0.25, 0.3) is 0 Å². The van der Waals surface area contributed by atoms with Crippen LogP contribution in [0, 0.1) is 5.41 Å². The van der Waals surface area contributed by atoms with Crippen LogP contribution in [-0.4, -0.2) is 32.0 Å². The molecule has 0 bridgehead atoms. The topological polar surface area (TPSA) is 33.3 Å². The van der Waals surface area contributed by atoms with Gasteiger partial charge in [-0.3, -0.25) is 5.32 Å². The first-order chi connectivity index (χ1) is 6.33. The molecule has 2 aliphatic heterocycles. The first kappa shape index (κ1) is 8.21. The summed E-state index contributed by atoms with van der Waals surface area (Å²) in [6.45, 7) is 4.38. The van der Waals surface area contributed by atoms with Gasteiger partial charge in [0.25, 0.3) is 0 Å². The first-order valence-corrected chi connectivity index (χ1v) is 5.42. The van der Waals surface area contributed by atoms with Gasteiger partial charge in [0.1, 0.15) is 5.72 Å². The molecular weight excluding hydrogens is 164 g/mol. The summed E-state index contributed by atoms with van der Waals surface area (Å²) in [5.41, 5.74) is 0.592. The minimum atomic E-state index is 0.0408. The van der Waals surface area contributed by atoms with Crippen molar-refractivity contribution in [3.05, 3.63) is 0 Å². The SMILES string of the molecule is C1CC2(CCN1)NCC1(CC1)CO2. The lowest BCUT2D eigenvalue weighted by Crippen LogP contribution is -2.59. The van der Waals surface area contributed by atoms with E-state index in [0.29, 0.717) is 5.41 Å². The van der Waals surface area contributed by atoms with Crippen LogP contribution in [0.4, 0.5) is 0 Å². The molecule has 74 valence electrons. The minimum Gasteiger partial charge on any atom is -0.360 e. The van der Waals surface area contributed by atoms with Crippen molar-refractivity contribution in [2.45, 2.75) is 31.4 Å². The van der Waals surface area contributed by atoms with Gasteiger partial charge in [-0.25, -0.2) is 0 Å². The lowest BCUT2D eigenvalue weighted by Gasteiger charge is -2.44. The Bertz CT molecular complexity index is 195. The van der Waals surface area contributed by atoms with Crippen LogP contribution in [0.3, 0.4) is 0 Å². The average molecular weight is 182 g/mol. The molecule has 3 heteroatoms. The summed E-state index contributed by atoms with van der Waals surface area (Å²) in [6.07, 6.45) is 4.99. The van der Waals surface area contributed by atoms with Crippen LogP contribution >= 0.6 is 0 Å². The van der Waals surface area contributed by atoms with Crippen molar-refractivity contribution in [3.63, 3.8) is 0 Å². The van der Waals surface area contributed by atoms with Gasteiger partial charge < -0.3 is 10.1 Å². The van der Waals surface area contributed by atoms with E-state index in [9.17, 15) is 0 Å². The Morgan fingerprint density at radius 1 is 1.00 bits per heavy atom. The standard InChI is InChI=1S/C10H18N2O/c1-2-9(1)7-12-10(13-8-9)3-5-11-6-4-10/h11-12H,1-8H2. The van der Waals surface area contributed by atoms with E-state index < -0.39 is 0 Å². The van der Waals surface area contributed by atoms with E-state index in [-0.39, 0.29) is 5.72 Å². The lowest BCUT2D eigenvalue weighted by molar-refractivity contribution is -0.136. The molecule has 2 N–H and O–H groups in total. The second-order valence-electron chi connectivity index (χ2n) is 4.89. The largest absolute Gasteiger partial charge is 0.360 e. The third-order valence-corrected chi connectivity index (χ3v) is 3.81. The highest BCUT2D eigenvalue weighted by Gasteiger charge is 2.50. The van der Waals surface area contributed by atoms with Gasteiger partial charge in [0.05, 0.1) is 6.61 Å². The predicted octanol–water partition coefficient (Wildman–Crippen LogP) is 0.466. The quantitative estimate of drug-likeness (QED) is 0.571. The average Bonchev–Trinajstić information content (AvgIpc) is 2.94. The van der Waals surface area contributed by atoms with Crippen LogP contribution in [0.5, 0.6) is 0 Å². The molecule has 0 aromatic carbocycles. The third-order valence-electron chi connectivity index (χ3n) is 3.81. The summed E-state index contributed by atoms with van der Waals surface area (Å²) >= 11 is 0. The van der Waals surface area contributed by atoms with Gasteiger partial charge in [0, 0.05) is 24.8 Å². The number of rotatable bonds is 0. The Balaban J connectivity index is 1.65. The van der Waals surface area contributed by atoms with Crippen molar-refractivity contribution in [2.24, 2.45) is 5.41 Å². The van der Waals surface area contributed by atoms with E-state index in [2.05, 4.69) is 10.6 Å². The van der Waals surface area contributed by atoms with Crippen molar-refractivity contribution >= 4 is 0 Å². The molecule has 3 fully saturated rings. The van der Waals surface area contributed by atoms with E-state index in [1.165, 1.54) is 19.4 Å². The van der Waals surface area contributed by atoms with Gasteiger partial charge in [-0.05, 0) is 25.9 Å². The summed E-state index contributed by atoms with van der Waals surface area (Å²) in [7, 11) is 0. The molecule has 2 saturated heterocycles. The zero-order valence-electron chi connectivity index (χ0n) is 8.07.